The summed E-state index contributed by atoms with van der Waals surface area (Å²) >= 11 is 1.16. The Morgan fingerprint density at radius 3 is 2.58 bits per heavy atom. The molecule has 0 saturated carbocycles. The highest BCUT2D eigenvalue weighted by molar-refractivity contribution is 7.93. The monoisotopic (exact) mass is 294 g/mol. The maximum Gasteiger partial charge on any atom is 0.263 e. The maximum absolute atomic E-state index is 12.2. The Morgan fingerprint density at radius 2 is 2.05 bits per heavy atom. The summed E-state index contributed by atoms with van der Waals surface area (Å²) in [6, 6.07) is 6.36. The lowest BCUT2D eigenvalue weighted by Gasteiger charge is -2.07. The summed E-state index contributed by atoms with van der Waals surface area (Å²) in [7, 11) is -3.71. The van der Waals surface area contributed by atoms with Crippen molar-refractivity contribution in [1.29, 1.82) is 5.26 Å². The Labute approximate surface area is 114 Å². The maximum atomic E-state index is 12.2. The van der Waals surface area contributed by atoms with Crippen LogP contribution in [0.5, 0.6) is 0 Å². The summed E-state index contributed by atoms with van der Waals surface area (Å²) in [6.07, 6.45) is 0. The van der Waals surface area contributed by atoms with Crippen LogP contribution in [0.25, 0.3) is 0 Å². The molecule has 8 heteroatoms. The molecule has 0 atom stereocenters. The van der Waals surface area contributed by atoms with E-state index in [0.29, 0.717) is 16.1 Å². The van der Waals surface area contributed by atoms with E-state index < -0.39 is 10.0 Å². The molecule has 98 valence electrons. The predicted molar refractivity (Wildman–Crippen MR) is 71.3 cm³/mol. The zero-order valence-electron chi connectivity index (χ0n) is 10.2. The molecule has 1 N–H and O–H groups in total. The van der Waals surface area contributed by atoms with Gasteiger partial charge in [0.1, 0.15) is 5.01 Å². The normalized spacial score (nSPS) is 11.0. The number of aryl methyl sites for hydroxylation is 2. The van der Waals surface area contributed by atoms with Crippen molar-refractivity contribution >= 4 is 26.5 Å². The Hall–Kier alpha value is -1.98. The van der Waals surface area contributed by atoms with Gasteiger partial charge < -0.3 is 0 Å². The van der Waals surface area contributed by atoms with E-state index in [9.17, 15) is 8.42 Å². The third kappa shape index (κ3) is 2.89. The predicted octanol–water partition coefficient (Wildman–Crippen LogP) is 1.83. The second kappa shape index (κ2) is 4.95. The first-order valence-corrected chi connectivity index (χ1v) is 7.56. The first kappa shape index (κ1) is 13.5. The van der Waals surface area contributed by atoms with Crippen LogP contribution in [-0.2, 0) is 10.0 Å². The van der Waals surface area contributed by atoms with Crippen molar-refractivity contribution in [1.82, 2.24) is 10.2 Å². The van der Waals surface area contributed by atoms with Gasteiger partial charge in [0, 0.05) is 0 Å². The fraction of sp³-hybridized carbons (Fsp3) is 0.182. The van der Waals surface area contributed by atoms with Crippen LogP contribution in [-0.4, -0.2) is 18.6 Å². The summed E-state index contributed by atoms with van der Waals surface area (Å²) in [5, 5.41) is 17.1. The summed E-state index contributed by atoms with van der Waals surface area (Å²) in [6.45, 7) is 3.38. The summed E-state index contributed by atoms with van der Waals surface area (Å²) < 4.78 is 26.7. The van der Waals surface area contributed by atoms with E-state index in [4.69, 9.17) is 5.26 Å². The zero-order valence-corrected chi connectivity index (χ0v) is 11.8. The van der Waals surface area contributed by atoms with E-state index in [1.165, 1.54) is 18.2 Å². The smallest absolute Gasteiger partial charge is 0.253 e. The fourth-order valence-electron chi connectivity index (χ4n) is 1.53. The van der Waals surface area contributed by atoms with Crippen molar-refractivity contribution in [3.05, 3.63) is 34.3 Å². The molecule has 0 fully saturated rings. The van der Waals surface area contributed by atoms with E-state index in [1.54, 1.807) is 13.8 Å². The Morgan fingerprint density at radius 1 is 1.32 bits per heavy atom. The number of benzene rings is 1. The fourth-order valence-corrected chi connectivity index (χ4v) is 3.58. The van der Waals surface area contributed by atoms with Crippen LogP contribution in [0.15, 0.2) is 23.1 Å². The first-order chi connectivity index (χ1) is 8.92. The number of sulfonamides is 1. The van der Waals surface area contributed by atoms with Crippen LogP contribution in [0.1, 0.15) is 16.1 Å². The second-order valence-corrected chi connectivity index (χ2v) is 6.66. The minimum Gasteiger partial charge on any atom is -0.253 e. The van der Waals surface area contributed by atoms with Crippen molar-refractivity contribution in [2.24, 2.45) is 0 Å². The minimum atomic E-state index is -3.71. The Bertz CT molecular complexity index is 759. The number of hydrogen-bond donors (Lipinski definition) is 1. The van der Waals surface area contributed by atoms with E-state index in [-0.39, 0.29) is 10.0 Å². The zero-order chi connectivity index (χ0) is 14.0. The summed E-state index contributed by atoms with van der Waals surface area (Å²) in [4.78, 5) is 0.124. The van der Waals surface area contributed by atoms with Gasteiger partial charge in [-0.1, -0.05) is 11.3 Å². The van der Waals surface area contributed by atoms with Crippen LogP contribution < -0.4 is 4.72 Å². The molecule has 0 saturated heterocycles. The molecule has 0 aliphatic carbocycles. The average Bonchev–Trinajstić information content (AvgIpc) is 2.73. The van der Waals surface area contributed by atoms with Crippen LogP contribution >= 0.6 is 11.3 Å². The minimum absolute atomic E-state index is 0.124. The molecule has 1 aromatic heterocycles. The molecule has 2 aromatic rings. The van der Waals surface area contributed by atoms with Crippen LogP contribution in [0.2, 0.25) is 0 Å². The van der Waals surface area contributed by atoms with E-state index >= 15 is 0 Å². The van der Waals surface area contributed by atoms with Crippen molar-refractivity contribution in [3.63, 3.8) is 0 Å². The van der Waals surface area contributed by atoms with Crippen LogP contribution in [0, 0.1) is 25.2 Å². The summed E-state index contributed by atoms with van der Waals surface area (Å²) in [5.74, 6) is 0. The van der Waals surface area contributed by atoms with Crippen molar-refractivity contribution in [2.75, 3.05) is 4.72 Å². The SMILES string of the molecule is Cc1nnc(NS(=O)(=O)c2ccc(C#N)cc2C)s1. The number of nitrogens with zero attached hydrogens (tertiary/aromatic N) is 3. The van der Waals surface area contributed by atoms with Crippen molar-refractivity contribution in [2.45, 2.75) is 18.7 Å². The van der Waals surface area contributed by atoms with Gasteiger partial charge in [-0.25, -0.2) is 8.42 Å². The molecule has 0 bridgehead atoms. The first-order valence-electron chi connectivity index (χ1n) is 5.26. The number of anilines is 1. The molecule has 19 heavy (non-hydrogen) atoms. The van der Waals surface area contributed by atoms with Crippen LogP contribution in [0.3, 0.4) is 0 Å². The van der Waals surface area contributed by atoms with E-state index in [0.717, 1.165) is 11.3 Å². The van der Waals surface area contributed by atoms with Gasteiger partial charge in [0.05, 0.1) is 16.5 Å². The molecular weight excluding hydrogens is 284 g/mol. The molecule has 0 amide bonds. The van der Waals surface area contributed by atoms with Gasteiger partial charge in [0.25, 0.3) is 10.0 Å². The van der Waals surface area contributed by atoms with Gasteiger partial charge >= 0.3 is 0 Å². The van der Waals surface area contributed by atoms with Crippen molar-refractivity contribution < 1.29 is 8.42 Å². The molecule has 6 nitrogen and oxygen atoms in total. The van der Waals surface area contributed by atoms with E-state index in [1.807, 2.05) is 6.07 Å². The largest absolute Gasteiger partial charge is 0.263 e. The molecule has 0 unspecified atom stereocenters. The molecule has 0 aliphatic heterocycles. The third-order valence-corrected chi connectivity index (χ3v) is 4.72. The average molecular weight is 294 g/mol. The van der Waals surface area contributed by atoms with Gasteiger partial charge in [0.2, 0.25) is 5.13 Å². The summed E-state index contributed by atoms with van der Waals surface area (Å²) in [5.41, 5.74) is 0.927. The molecular formula is C11H10N4O2S2. The molecule has 1 heterocycles. The lowest BCUT2D eigenvalue weighted by atomic mass is 10.2. The number of nitrogens with one attached hydrogen (secondary N) is 1. The topological polar surface area (TPSA) is 95.7 Å². The lowest BCUT2D eigenvalue weighted by molar-refractivity contribution is 0.600. The molecule has 0 spiro atoms. The van der Waals surface area contributed by atoms with Crippen molar-refractivity contribution in [3.8, 4) is 6.07 Å². The number of nitriles is 1. The van der Waals surface area contributed by atoms with Gasteiger partial charge in [-0.2, -0.15) is 5.26 Å². The second-order valence-electron chi connectivity index (χ2n) is 3.82. The van der Waals surface area contributed by atoms with Gasteiger partial charge in [-0.05, 0) is 37.6 Å². The number of hydrogen-bond acceptors (Lipinski definition) is 6. The Kier molecular flexibility index (Phi) is 3.50. The number of aromatic nitrogens is 2. The standard InChI is InChI=1S/C11H10N4O2S2/c1-7-5-9(6-12)3-4-10(7)19(16,17)15-11-14-13-8(2)18-11/h3-5H,1-2H3,(H,14,15). The van der Waals surface area contributed by atoms with Gasteiger partial charge in [-0.15, -0.1) is 10.2 Å². The quantitative estimate of drug-likeness (QED) is 0.931. The highest BCUT2D eigenvalue weighted by Crippen LogP contribution is 2.22. The highest BCUT2D eigenvalue weighted by atomic mass is 32.2. The lowest BCUT2D eigenvalue weighted by Crippen LogP contribution is -2.14. The van der Waals surface area contributed by atoms with Crippen LogP contribution in [0.4, 0.5) is 5.13 Å². The molecule has 0 aliphatic rings. The Balaban J connectivity index is 2.37. The van der Waals surface area contributed by atoms with Gasteiger partial charge in [0.15, 0.2) is 0 Å². The third-order valence-electron chi connectivity index (χ3n) is 2.34. The molecule has 0 radical (unpaired) electrons. The van der Waals surface area contributed by atoms with E-state index in [2.05, 4.69) is 14.9 Å². The number of rotatable bonds is 3. The highest BCUT2D eigenvalue weighted by Gasteiger charge is 2.18. The van der Waals surface area contributed by atoms with Gasteiger partial charge in [-0.3, -0.25) is 4.72 Å². The molecule has 1 aromatic carbocycles. The molecule has 2 rings (SSSR count).